The van der Waals surface area contributed by atoms with Crippen molar-refractivity contribution in [3.05, 3.63) is 58.3 Å². The highest BCUT2D eigenvalue weighted by molar-refractivity contribution is 6.30. The van der Waals surface area contributed by atoms with Crippen molar-refractivity contribution in [1.29, 1.82) is 0 Å². The monoisotopic (exact) mass is 417 g/mol. The van der Waals surface area contributed by atoms with Crippen molar-refractivity contribution in [3.63, 3.8) is 0 Å². The average Bonchev–Trinajstić information content (AvgIpc) is 2.75. The van der Waals surface area contributed by atoms with Gasteiger partial charge in [0.05, 0.1) is 7.11 Å². The van der Waals surface area contributed by atoms with Gasteiger partial charge in [-0.25, -0.2) is 0 Å². The second-order valence-corrected chi connectivity index (χ2v) is 7.72. The summed E-state index contributed by atoms with van der Waals surface area (Å²) in [6.07, 6.45) is 6.60. The molecule has 0 aromatic heterocycles. The molecule has 0 radical (unpaired) electrons. The van der Waals surface area contributed by atoms with Crippen molar-refractivity contribution >= 4 is 23.4 Å². The number of allylic oxidation sites excluding steroid dienone is 2. The van der Waals surface area contributed by atoms with Gasteiger partial charge in [0.15, 0.2) is 0 Å². The molecule has 1 N–H and O–H groups in total. The number of carbonyl (C=O) groups excluding carboxylic acids is 2. The zero-order chi connectivity index (χ0) is 20.6. The summed E-state index contributed by atoms with van der Waals surface area (Å²) in [6, 6.07) is 6.70. The fraction of sp³-hybridized carbons (Fsp3) is 0.455. The highest BCUT2D eigenvalue weighted by atomic mass is 35.5. The van der Waals surface area contributed by atoms with Gasteiger partial charge in [-0.3, -0.25) is 14.5 Å². The van der Waals surface area contributed by atoms with Gasteiger partial charge in [0.1, 0.15) is 5.76 Å². The molecule has 1 heterocycles. The van der Waals surface area contributed by atoms with E-state index >= 15 is 0 Å². The van der Waals surface area contributed by atoms with Crippen molar-refractivity contribution < 1.29 is 14.3 Å². The molecule has 1 aromatic rings. The molecule has 6 nitrogen and oxygen atoms in total. The van der Waals surface area contributed by atoms with E-state index in [9.17, 15) is 9.59 Å². The van der Waals surface area contributed by atoms with E-state index in [0.29, 0.717) is 23.6 Å². The van der Waals surface area contributed by atoms with E-state index in [-0.39, 0.29) is 11.8 Å². The van der Waals surface area contributed by atoms with Gasteiger partial charge >= 0.3 is 0 Å². The predicted octanol–water partition coefficient (Wildman–Crippen LogP) is 2.85. The van der Waals surface area contributed by atoms with E-state index in [2.05, 4.69) is 22.4 Å². The van der Waals surface area contributed by atoms with Gasteiger partial charge < -0.3 is 15.0 Å². The number of benzene rings is 1. The first-order chi connectivity index (χ1) is 14.1. The molecular formula is C22H28ClN3O3. The molecule has 156 valence electrons. The second kappa shape index (κ2) is 10.5. The van der Waals surface area contributed by atoms with Crippen LogP contribution >= 0.6 is 11.6 Å². The van der Waals surface area contributed by atoms with Crippen molar-refractivity contribution in [2.24, 2.45) is 0 Å². The maximum atomic E-state index is 12.5. The van der Waals surface area contributed by atoms with Crippen molar-refractivity contribution in [1.82, 2.24) is 15.1 Å². The molecule has 1 aromatic carbocycles. The number of amides is 2. The van der Waals surface area contributed by atoms with Gasteiger partial charge in [-0.2, -0.15) is 0 Å². The van der Waals surface area contributed by atoms with Gasteiger partial charge in [0.25, 0.3) is 5.91 Å². The maximum absolute atomic E-state index is 12.5. The SMILES string of the molecule is COC1=C(CN2CCN(C(=O)CCNC(=O)c3ccc(Cl)cc3)CC2)CCC=C1. The molecule has 1 fully saturated rings. The molecule has 1 aliphatic carbocycles. The minimum Gasteiger partial charge on any atom is -0.497 e. The Morgan fingerprint density at radius 3 is 2.55 bits per heavy atom. The lowest BCUT2D eigenvalue weighted by atomic mass is 10.0. The molecule has 0 bridgehead atoms. The highest BCUT2D eigenvalue weighted by Gasteiger charge is 2.22. The number of hydrogen-bond acceptors (Lipinski definition) is 4. The number of rotatable bonds is 7. The number of ether oxygens (including phenoxy) is 1. The van der Waals surface area contributed by atoms with Crippen LogP contribution in [0.1, 0.15) is 29.6 Å². The number of hydrogen-bond donors (Lipinski definition) is 1. The summed E-state index contributed by atoms with van der Waals surface area (Å²) in [5, 5.41) is 3.38. The summed E-state index contributed by atoms with van der Waals surface area (Å²) in [5.74, 6) is 0.868. The molecule has 0 unspecified atom stereocenters. The van der Waals surface area contributed by atoms with Crippen LogP contribution in [-0.4, -0.2) is 68.0 Å². The average molecular weight is 418 g/mol. The topological polar surface area (TPSA) is 61.9 Å². The van der Waals surface area contributed by atoms with Crippen LogP contribution < -0.4 is 5.32 Å². The Morgan fingerprint density at radius 1 is 1.14 bits per heavy atom. The van der Waals surface area contributed by atoms with Crippen molar-refractivity contribution in [2.75, 3.05) is 46.4 Å². The minimum atomic E-state index is -0.192. The molecule has 3 rings (SSSR count). The zero-order valence-corrected chi connectivity index (χ0v) is 17.6. The zero-order valence-electron chi connectivity index (χ0n) is 16.8. The van der Waals surface area contributed by atoms with Gasteiger partial charge in [0, 0.05) is 56.3 Å². The van der Waals surface area contributed by atoms with Crippen LogP contribution in [0.15, 0.2) is 47.7 Å². The van der Waals surface area contributed by atoms with Gasteiger partial charge in [-0.05, 0) is 48.8 Å². The van der Waals surface area contributed by atoms with Crippen molar-refractivity contribution in [2.45, 2.75) is 19.3 Å². The number of halogens is 1. The Balaban J connectivity index is 1.38. The third-order valence-electron chi connectivity index (χ3n) is 5.32. The number of nitrogens with one attached hydrogen (secondary N) is 1. The van der Waals surface area contributed by atoms with Crippen LogP contribution in [0.4, 0.5) is 0 Å². The largest absolute Gasteiger partial charge is 0.497 e. The molecule has 0 spiro atoms. The highest BCUT2D eigenvalue weighted by Crippen LogP contribution is 2.21. The maximum Gasteiger partial charge on any atom is 0.251 e. The molecular weight excluding hydrogens is 390 g/mol. The predicted molar refractivity (Wildman–Crippen MR) is 114 cm³/mol. The standard InChI is InChI=1S/C22H28ClN3O3/c1-29-20-5-3-2-4-18(20)16-25-12-14-26(15-13-25)21(27)10-11-24-22(28)17-6-8-19(23)9-7-17/h3,5-9H,2,4,10-16H2,1H3,(H,24,28). The Bertz CT molecular complexity index is 781. The number of nitrogens with zero attached hydrogens (tertiary/aromatic N) is 2. The van der Waals surface area contributed by atoms with E-state index in [1.807, 2.05) is 4.90 Å². The normalized spacial score (nSPS) is 17.4. The molecule has 2 amide bonds. The Labute approximate surface area is 177 Å². The van der Waals surface area contributed by atoms with E-state index in [1.54, 1.807) is 31.4 Å². The summed E-state index contributed by atoms with van der Waals surface area (Å²) < 4.78 is 5.47. The van der Waals surface area contributed by atoms with Crippen LogP contribution in [0, 0.1) is 0 Å². The summed E-state index contributed by atoms with van der Waals surface area (Å²) in [4.78, 5) is 28.8. The third kappa shape index (κ3) is 6.08. The van der Waals surface area contributed by atoms with E-state index < -0.39 is 0 Å². The lowest BCUT2D eigenvalue weighted by Gasteiger charge is -2.35. The fourth-order valence-electron chi connectivity index (χ4n) is 3.63. The van der Waals surface area contributed by atoms with Gasteiger partial charge in [-0.15, -0.1) is 0 Å². The molecule has 7 heteroatoms. The van der Waals surface area contributed by atoms with Gasteiger partial charge in [-0.1, -0.05) is 17.7 Å². The smallest absolute Gasteiger partial charge is 0.251 e. The Morgan fingerprint density at radius 2 is 1.86 bits per heavy atom. The molecule has 29 heavy (non-hydrogen) atoms. The number of piperazine rings is 1. The fourth-order valence-corrected chi connectivity index (χ4v) is 3.75. The summed E-state index contributed by atoms with van der Waals surface area (Å²) in [7, 11) is 1.72. The summed E-state index contributed by atoms with van der Waals surface area (Å²) in [6.45, 7) is 4.37. The van der Waals surface area contributed by atoms with E-state index in [0.717, 1.165) is 51.3 Å². The molecule has 0 atom stereocenters. The minimum absolute atomic E-state index is 0.0819. The Hall–Kier alpha value is -2.31. The van der Waals surface area contributed by atoms with Crippen LogP contribution in [0.25, 0.3) is 0 Å². The first-order valence-corrected chi connectivity index (χ1v) is 10.4. The number of methoxy groups -OCH3 is 1. The van der Waals surface area contributed by atoms with Crippen molar-refractivity contribution in [3.8, 4) is 0 Å². The lowest BCUT2D eigenvalue weighted by Crippen LogP contribution is -2.49. The van der Waals surface area contributed by atoms with Crippen LogP contribution in [0.5, 0.6) is 0 Å². The molecule has 0 saturated carbocycles. The van der Waals surface area contributed by atoms with Crippen LogP contribution in [-0.2, 0) is 9.53 Å². The third-order valence-corrected chi connectivity index (χ3v) is 5.57. The quantitative estimate of drug-likeness (QED) is 0.741. The van der Waals surface area contributed by atoms with E-state index in [1.165, 1.54) is 5.57 Å². The second-order valence-electron chi connectivity index (χ2n) is 7.28. The first-order valence-electron chi connectivity index (χ1n) is 10.0. The summed E-state index contributed by atoms with van der Waals surface area (Å²) in [5.41, 5.74) is 1.87. The van der Waals surface area contributed by atoms with Gasteiger partial charge in [0.2, 0.25) is 5.91 Å². The molecule has 1 saturated heterocycles. The summed E-state index contributed by atoms with van der Waals surface area (Å²) >= 11 is 5.83. The Kier molecular flexibility index (Phi) is 7.72. The molecule has 1 aliphatic heterocycles. The van der Waals surface area contributed by atoms with Crippen LogP contribution in [0.3, 0.4) is 0 Å². The first kappa shape index (κ1) is 21.4. The van der Waals surface area contributed by atoms with Crippen LogP contribution in [0.2, 0.25) is 5.02 Å². The molecule has 2 aliphatic rings. The number of carbonyl (C=O) groups is 2. The lowest BCUT2D eigenvalue weighted by molar-refractivity contribution is -0.132. The van der Waals surface area contributed by atoms with E-state index in [4.69, 9.17) is 16.3 Å².